The highest BCUT2D eigenvalue weighted by Crippen LogP contribution is 2.32. The van der Waals surface area contributed by atoms with Crippen molar-refractivity contribution in [2.75, 3.05) is 31.1 Å². The summed E-state index contributed by atoms with van der Waals surface area (Å²) in [6, 6.07) is 4.67. The summed E-state index contributed by atoms with van der Waals surface area (Å²) in [5, 5.41) is 5.61. The van der Waals surface area contributed by atoms with E-state index >= 15 is 0 Å². The van der Waals surface area contributed by atoms with Crippen molar-refractivity contribution >= 4 is 29.8 Å². The third kappa shape index (κ3) is 4.63. The minimum absolute atomic E-state index is 0.111. The molecule has 0 saturated carbocycles. The van der Waals surface area contributed by atoms with Crippen molar-refractivity contribution in [3.63, 3.8) is 0 Å². The van der Waals surface area contributed by atoms with Gasteiger partial charge in [0.15, 0.2) is 0 Å². The molecule has 1 aromatic carbocycles. The quantitative estimate of drug-likeness (QED) is 0.524. The molecule has 0 aliphatic carbocycles. The molecule has 166 valence electrons. The van der Waals surface area contributed by atoms with Crippen LogP contribution in [0.25, 0.3) is 0 Å². The van der Waals surface area contributed by atoms with Crippen molar-refractivity contribution in [3.05, 3.63) is 29.3 Å². The van der Waals surface area contributed by atoms with Crippen molar-refractivity contribution < 1.29 is 19.2 Å². The number of carbonyl (C=O) groups is 4. The van der Waals surface area contributed by atoms with E-state index in [1.165, 1.54) is 19.3 Å². The van der Waals surface area contributed by atoms with E-state index in [0.29, 0.717) is 12.0 Å². The lowest BCUT2D eigenvalue weighted by Gasteiger charge is -2.43. The van der Waals surface area contributed by atoms with Crippen molar-refractivity contribution in [3.8, 4) is 0 Å². The van der Waals surface area contributed by atoms with Crippen LogP contribution in [-0.2, 0) is 14.4 Å². The molecular formula is C23H30N4O4. The van der Waals surface area contributed by atoms with Crippen molar-refractivity contribution in [2.24, 2.45) is 11.8 Å². The summed E-state index contributed by atoms with van der Waals surface area (Å²) in [4.78, 5) is 51.3. The van der Waals surface area contributed by atoms with Gasteiger partial charge in [0.1, 0.15) is 6.04 Å². The van der Waals surface area contributed by atoms with Gasteiger partial charge in [0.25, 0.3) is 5.91 Å². The number of imide groups is 2. The topological polar surface area (TPSA) is 98.8 Å². The van der Waals surface area contributed by atoms with Crippen molar-refractivity contribution in [2.45, 2.75) is 45.1 Å². The van der Waals surface area contributed by atoms with Crippen LogP contribution in [0.4, 0.5) is 5.69 Å². The lowest BCUT2D eigenvalue weighted by atomic mass is 9.84. The number of piperidine rings is 2. The predicted molar refractivity (Wildman–Crippen MR) is 115 cm³/mol. The standard InChI is InChI=1S/C23H30N4O4/c1-15-10-18(26-12-17(13-26)11-16-6-8-24-9-7-16)2-3-19(15)23(31)27(14-28)20-4-5-21(29)25-22(20)30/h2-3,10,14,16-17,20,24H,4-9,11-13H2,1H3,(H,25,29,30). The first-order valence-corrected chi connectivity index (χ1v) is 11.1. The van der Waals surface area contributed by atoms with E-state index in [0.717, 1.165) is 54.2 Å². The lowest BCUT2D eigenvalue weighted by Crippen LogP contribution is -2.54. The normalized spacial score (nSPS) is 22.6. The molecule has 3 aliphatic heterocycles. The summed E-state index contributed by atoms with van der Waals surface area (Å²) in [6.07, 6.45) is 4.47. The van der Waals surface area contributed by atoms with Gasteiger partial charge in [-0.3, -0.25) is 29.4 Å². The number of amides is 4. The molecule has 3 fully saturated rings. The van der Waals surface area contributed by atoms with Gasteiger partial charge in [0.05, 0.1) is 0 Å². The van der Waals surface area contributed by atoms with E-state index in [1.807, 2.05) is 19.1 Å². The fourth-order valence-electron chi connectivity index (χ4n) is 4.95. The maximum atomic E-state index is 13.0. The summed E-state index contributed by atoms with van der Waals surface area (Å²) < 4.78 is 0. The summed E-state index contributed by atoms with van der Waals surface area (Å²) in [5.74, 6) is 0.0555. The van der Waals surface area contributed by atoms with E-state index < -0.39 is 17.9 Å². The Bertz CT molecular complexity index is 874. The highest BCUT2D eigenvalue weighted by Gasteiger charge is 2.35. The molecule has 0 radical (unpaired) electrons. The largest absolute Gasteiger partial charge is 0.371 e. The smallest absolute Gasteiger partial charge is 0.261 e. The molecule has 0 aromatic heterocycles. The zero-order chi connectivity index (χ0) is 22.0. The Morgan fingerprint density at radius 1 is 1.16 bits per heavy atom. The van der Waals surface area contributed by atoms with E-state index in [-0.39, 0.29) is 18.7 Å². The van der Waals surface area contributed by atoms with E-state index in [1.54, 1.807) is 6.07 Å². The van der Waals surface area contributed by atoms with Gasteiger partial charge in [-0.05, 0) is 81.3 Å². The Hall–Kier alpha value is -2.74. The molecule has 2 N–H and O–H groups in total. The van der Waals surface area contributed by atoms with E-state index in [4.69, 9.17) is 0 Å². The van der Waals surface area contributed by atoms with Crippen LogP contribution in [0.1, 0.15) is 48.0 Å². The Morgan fingerprint density at radius 3 is 2.55 bits per heavy atom. The number of aryl methyl sites for hydroxylation is 1. The van der Waals surface area contributed by atoms with Gasteiger partial charge in [0, 0.05) is 30.8 Å². The van der Waals surface area contributed by atoms with Crippen LogP contribution in [0, 0.1) is 18.8 Å². The third-order valence-electron chi connectivity index (χ3n) is 6.78. The minimum atomic E-state index is -0.951. The number of benzene rings is 1. The zero-order valence-corrected chi connectivity index (χ0v) is 17.9. The fourth-order valence-corrected chi connectivity index (χ4v) is 4.95. The van der Waals surface area contributed by atoms with Crippen LogP contribution < -0.4 is 15.5 Å². The molecular weight excluding hydrogens is 396 g/mol. The van der Waals surface area contributed by atoms with Gasteiger partial charge in [-0.15, -0.1) is 0 Å². The first-order chi connectivity index (χ1) is 15.0. The van der Waals surface area contributed by atoms with Gasteiger partial charge in [-0.25, -0.2) is 0 Å². The van der Waals surface area contributed by atoms with Crippen molar-refractivity contribution in [1.82, 2.24) is 15.5 Å². The van der Waals surface area contributed by atoms with Crippen LogP contribution in [0.5, 0.6) is 0 Å². The molecule has 3 aliphatic rings. The number of rotatable bonds is 6. The van der Waals surface area contributed by atoms with Gasteiger partial charge < -0.3 is 10.2 Å². The number of anilines is 1. The molecule has 3 saturated heterocycles. The Balaban J connectivity index is 1.38. The summed E-state index contributed by atoms with van der Waals surface area (Å²) >= 11 is 0. The zero-order valence-electron chi connectivity index (χ0n) is 17.9. The first kappa shape index (κ1) is 21.5. The Labute approximate surface area is 182 Å². The molecule has 4 amide bonds. The molecule has 4 rings (SSSR count). The van der Waals surface area contributed by atoms with Gasteiger partial charge in [0.2, 0.25) is 18.2 Å². The molecule has 1 unspecified atom stereocenters. The second-order valence-corrected chi connectivity index (χ2v) is 8.98. The molecule has 3 heterocycles. The Morgan fingerprint density at radius 2 is 1.90 bits per heavy atom. The number of hydrogen-bond acceptors (Lipinski definition) is 6. The predicted octanol–water partition coefficient (Wildman–Crippen LogP) is 1.22. The van der Waals surface area contributed by atoms with Crippen LogP contribution >= 0.6 is 0 Å². The fraction of sp³-hybridized carbons (Fsp3) is 0.565. The number of nitrogens with zero attached hydrogens (tertiary/aromatic N) is 2. The second-order valence-electron chi connectivity index (χ2n) is 8.98. The second kappa shape index (κ2) is 9.18. The highest BCUT2D eigenvalue weighted by atomic mass is 16.2. The van der Waals surface area contributed by atoms with Crippen LogP contribution in [0.15, 0.2) is 18.2 Å². The maximum Gasteiger partial charge on any atom is 0.261 e. The average Bonchev–Trinajstić information content (AvgIpc) is 2.73. The molecule has 31 heavy (non-hydrogen) atoms. The Kier molecular flexibility index (Phi) is 6.36. The average molecular weight is 427 g/mol. The van der Waals surface area contributed by atoms with Gasteiger partial charge in [-0.2, -0.15) is 0 Å². The van der Waals surface area contributed by atoms with E-state index in [9.17, 15) is 19.2 Å². The van der Waals surface area contributed by atoms with Crippen LogP contribution in [0.3, 0.4) is 0 Å². The molecule has 0 bridgehead atoms. The molecule has 8 nitrogen and oxygen atoms in total. The first-order valence-electron chi connectivity index (χ1n) is 11.1. The molecule has 1 atom stereocenters. The van der Waals surface area contributed by atoms with Gasteiger partial charge in [-0.1, -0.05) is 0 Å². The summed E-state index contributed by atoms with van der Waals surface area (Å²) in [6.45, 7) is 6.18. The highest BCUT2D eigenvalue weighted by molar-refractivity contribution is 6.07. The SMILES string of the molecule is Cc1cc(N2CC(CC3CCNCC3)C2)ccc1C(=O)N(C=O)C1CCC(=O)NC1=O. The molecule has 0 spiro atoms. The van der Waals surface area contributed by atoms with Crippen LogP contribution in [-0.4, -0.2) is 61.3 Å². The maximum absolute atomic E-state index is 13.0. The monoisotopic (exact) mass is 426 g/mol. The van der Waals surface area contributed by atoms with Crippen LogP contribution in [0.2, 0.25) is 0 Å². The number of carbonyl (C=O) groups excluding carboxylic acids is 4. The van der Waals surface area contributed by atoms with Crippen molar-refractivity contribution in [1.29, 1.82) is 0 Å². The summed E-state index contributed by atoms with van der Waals surface area (Å²) in [5.41, 5.74) is 2.24. The molecule has 8 heteroatoms. The number of nitrogens with one attached hydrogen (secondary N) is 2. The van der Waals surface area contributed by atoms with Gasteiger partial charge >= 0.3 is 0 Å². The molecule has 1 aromatic rings. The lowest BCUT2D eigenvalue weighted by molar-refractivity contribution is -0.139. The third-order valence-corrected chi connectivity index (χ3v) is 6.78. The number of hydrogen-bond donors (Lipinski definition) is 2. The minimum Gasteiger partial charge on any atom is -0.371 e. The summed E-state index contributed by atoms with van der Waals surface area (Å²) in [7, 11) is 0. The van der Waals surface area contributed by atoms with E-state index in [2.05, 4.69) is 15.5 Å².